The first kappa shape index (κ1) is 21.2. The van der Waals surface area contributed by atoms with Crippen molar-refractivity contribution in [3.8, 4) is 17.0 Å². The van der Waals surface area contributed by atoms with Gasteiger partial charge in [0.1, 0.15) is 5.75 Å². The lowest BCUT2D eigenvalue weighted by Gasteiger charge is -2.21. The van der Waals surface area contributed by atoms with Crippen molar-refractivity contribution in [2.75, 3.05) is 7.11 Å². The maximum Gasteiger partial charge on any atom is 0.243 e. The van der Waals surface area contributed by atoms with Crippen molar-refractivity contribution in [3.05, 3.63) is 94.5 Å². The summed E-state index contributed by atoms with van der Waals surface area (Å²) in [5.74, 6) is 0.961. The third-order valence-electron chi connectivity index (χ3n) is 5.46. The lowest BCUT2D eigenvalue weighted by Crippen LogP contribution is -2.25. The topological polar surface area (TPSA) is 64.0 Å². The average Bonchev–Trinajstić information content (AvgIpc) is 3.29. The number of para-hydroxylation sites is 1. The zero-order valence-electron chi connectivity index (χ0n) is 18.0. The molecule has 3 aromatic carbocycles. The van der Waals surface area contributed by atoms with Crippen molar-refractivity contribution in [1.82, 2.24) is 9.99 Å². The molecule has 0 radical (unpaired) electrons. The van der Waals surface area contributed by atoms with Crippen LogP contribution in [0.15, 0.2) is 88.4 Å². The van der Waals surface area contributed by atoms with E-state index in [4.69, 9.17) is 14.5 Å². The molecule has 1 aliphatic rings. The smallest absolute Gasteiger partial charge is 0.243 e. The highest BCUT2D eigenvalue weighted by molar-refractivity contribution is 9.10. The van der Waals surface area contributed by atoms with Crippen LogP contribution in [0.5, 0.6) is 5.75 Å². The van der Waals surface area contributed by atoms with Gasteiger partial charge < -0.3 is 9.47 Å². The zero-order valence-corrected chi connectivity index (χ0v) is 19.6. The lowest BCUT2D eigenvalue weighted by molar-refractivity contribution is -0.135. The van der Waals surface area contributed by atoms with E-state index in [9.17, 15) is 4.79 Å². The maximum absolute atomic E-state index is 12.5. The number of hydrogen-bond acceptors (Lipinski definition) is 5. The van der Waals surface area contributed by atoms with Crippen molar-refractivity contribution in [2.24, 2.45) is 5.10 Å². The van der Waals surface area contributed by atoms with Crippen LogP contribution >= 0.6 is 15.9 Å². The number of aromatic nitrogens is 1. The fraction of sp³-hybridized carbons (Fsp3) is 0.115. The lowest BCUT2D eigenvalue weighted by atomic mass is 10.0. The number of benzene rings is 3. The van der Waals surface area contributed by atoms with Crippen LogP contribution in [0.4, 0.5) is 0 Å². The number of nitrogens with zero attached hydrogens (tertiary/aromatic N) is 3. The molecule has 0 fully saturated rings. The Bertz CT molecular complexity index is 1370. The van der Waals surface area contributed by atoms with Gasteiger partial charge in [0.25, 0.3) is 0 Å². The summed E-state index contributed by atoms with van der Waals surface area (Å²) < 4.78 is 12.5. The van der Waals surface area contributed by atoms with Crippen LogP contribution in [-0.2, 0) is 9.53 Å². The van der Waals surface area contributed by atoms with Crippen molar-refractivity contribution < 1.29 is 14.3 Å². The summed E-state index contributed by atoms with van der Waals surface area (Å²) in [4.78, 5) is 17.4. The quantitative estimate of drug-likeness (QED) is 0.348. The number of fused-ring (bicyclic) bond motifs is 1. The molecule has 1 aromatic heterocycles. The predicted octanol–water partition coefficient (Wildman–Crippen LogP) is 5.91. The molecule has 6 nitrogen and oxygen atoms in total. The third-order valence-corrected chi connectivity index (χ3v) is 5.99. The predicted molar refractivity (Wildman–Crippen MR) is 131 cm³/mol. The zero-order chi connectivity index (χ0) is 22.9. The summed E-state index contributed by atoms with van der Waals surface area (Å²) in [5.41, 5.74) is 4.13. The highest BCUT2D eigenvalue weighted by atomic mass is 79.9. The van der Waals surface area contributed by atoms with Crippen LogP contribution in [-0.4, -0.2) is 28.9 Å². The van der Waals surface area contributed by atoms with Gasteiger partial charge in [-0.1, -0.05) is 34.1 Å². The van der Waals surface area contributed by atoms with Crippen LogP contribution in [0.1, 0.15) is 24.3 Å². The van der Waals surface area contributed by atoms with Gasteiger partial charge in [-0.3, -0.25) is 4.79 Å². The molecule has 1 aliphatic heterocycles. The second kappa shape index (κ2) is 8.67. The summed E-state index contributed by atoms with van der Waals surface area (Å²) in [6.45, 7) is 1.48. The van der Waals surface area contributed by atoms with Crippen molar-refractivity contribution in [2.45, 2.75) is 13.2 Å². The SMILES string of the molecule is COc1ccc(-c2cc(C3OC(c4ccc(Br)cc4)=NN3C(C)=O)c3ccccc3n2)cc1. The fourth-order valence-electron chi connectivity index (χ4n) is 3.79. The first-order valence-corrected chi connectivity index (χ1v) is 11.2. The van der Waals surface area contributed by atoms with E-state index in [1.807, 2.05) is 78.9 Å². The summed E-state index contributed by atoms with van der Waals surface area (Å²) in [5, 5.41) is 6.79. The molecule has 0 aliphatic carbocycles. The van der Waals surface area contributed by atoms with E-state index in [0.29, 0.717) is 5.90 Å². The molecule has 164 valence electrons. The van der Waals surface area contributed by atoms with Gasteiger partial charge >= 0.3 is 0 Å². The van der Waals surface area contributed by atoms with E-state index in [1.54, 1.807) is 7.11 Å². The third kappa shape index (κ3) is 4.07. The van der Waals surface area contributed by atoms with E-state index < -0.39 is 6.23 Å². The van der Waals surface area contributed by atoms with Crippen LogP contribution in [0.3, 0.4) is 0 Å². The van der Waals surface area contributed by atoms with Gasteiger partial charge in [0.15, 0.2) is 0 Å². The van der Waals surface area contributed by atoms with E-state index in [0.717, 1.165) is 43.5 Å². The molecule has 1 unspecified atom stereocenters. The molecule has 1 amide bonds. The monoisotopic (exact) mass is 501 g/mol. The van der Waals surface area contributed by atoms with Crippen molar-refractivity contribution >= 4 is 38.6 Å². The number of rotatable bonds is 4. The first-order valence-electron chi connectivity index (χ1n) is 10.4. The van der Waals surface area contributed by atoms with Gasteiger partial charge in [0.2, 0.25) is 18.0 Å². The van der Waals surface area contributed by atoms with Gasteiger partial charge in [-0.15, -0.1) is 5.10 Å². The number of halogens is 1. The maximum atomic E-state index is 12.5. The Hall–Kier alpha value is -3.71. The molecule has 0 bridgehead atoms. The number of pyridine rings is 1. The van der Waals surface area contributed by atoms with Crippen molar-refractivity contribution in [3.63, 3.8) is 0 Å². The van der Waals surface area contributed by atoms with Gasteiger partial charge in [0.05, 0.1) is 18.3 Å². The Kier molecular flexibility index (Phi) is 5.56. The second-order valence-corrected chi connectivity index (χ2v) is 8.50. The Labute approximate surface area is 199 Å². The molecule has 5 rings (SSSR count). The van der Waals surface area contributed by atoms with E-state index >= 15 is 0 Å². The molecule has 0 saturated heterocycles. The average molecular weight is 502 g/mol. The highest BCUT2D eigenvalue weighted by Gasteiger charge is 2.34. The number of hydrogen-bond donors (Lipinski definition) is 0. The largest absolute Gasteiger partial charge is 0.497 e. The molecular formula is C26H20BrN3O3. The standard InChI is InChI=1S/C26H20BrN3O3/c1-16(31)30-26(33-25(29-30)18-7-11-19(27)12-8-18)22-15-24(17-9-13-20(32-2)14-10-17)28-23-6-4-3-5-21(22)23/h3-15,26H,1-2H3. The number of methoxy groups -OCH3 is 1. The van der Waals surface area contributed by atoms with Gasteiger partial charge in [-0.05, 0) is 60.7 Å². The summed E-state index contributed by atoms with van der Waals surface area (Å²) in [6, 6.07) is 25.1. The van der Waals surface area contributed by atoms with Crippen LogP contribution in [0, 0.1) is 0 Å². The molecule has 33 heavy (non-hydrogen) atoms. The molecule has 7 heteroatoms. The molecule has 0 saturated carbocycles. The number of hydrazone groups is 1. The minimum atomic E-state index is -0.703. The molecule has 1 atom stereocenters. The van der Waals surface area contributed by atoms with E-state index in [1.165, 1.54) is 11.9 Å². The Morgan fingerprint density at radius 1 is 1.00 bits per heavy atom. The van der Waals surface area contributed by atoms with E-state index in [-0.39, 0.29) is 5.91 Å². The Morgan fingerprint density at radius 2 is 1.70 bits per heavy atom. The summed E-state index contributed by atoms with van der Waals surface area (Å²) in [7, 11) is 1.64. The van der Waals surface area contributed by atoms with Crippen LogP contribution < -0.4 is 4.74 Å². The highest BCUT2D eigenvalue weighted by Crippen LogP contribution is 2.36. The second-order valence-electron chi connectivity index (χ2n) is 7.59. The number of carbonyl (C=O) groups excluding carboxylic acids is 1. The number of ether oxygens (including phenoxy) is 2. The molecule has 2 heterocycles. The summed E-state index contributed by atoms with van der Waals surface area (Å²) in [6.07, 6.45) is -0.703. The van der Waals surface area contributed by atoms with Crippen LogP contribution in [0.2, 0.25) is 0 Å². The molecule has 4 aromatic rings. The van der Waals surface area contributed by atoms with Crippen LogP contribution in [0.25, 0.3) is 22.2 Å². The van der Waals surface area contributed by atoms with Gasteiger partial charge in [-0.2, -0.15) is 5.01 Å². The minimum absolute atomic E-state index is 0.209. The molecular weight excluding hydrogens is 482 g/mol. The Morgan fingerprint density at radius 3 is 2.39 bits per heavy atom. The molecule has 0 spiro atoms. The number of carbonyl (C=O) groups is 1. The normalized spacial score (nSPS) is 15.3. The first-order chi connectivity index (χ1) is 16.0. The Balaban J connectivity index is 1.61. The fourth-order valence-corrected chi connectivity index (χ4v) is 4.06. The van der Waals surface area contributed by atoms with Gasteiger partial charge in [-0.25, -0.2) is 4.98 Å². The van der Waals surface area contributed by atoms with Crippen molar-refractivity contribution in [1.29, 1.82) is 0 Å². The number of amides is 1. The minimum Gasteiger partial charge on any atom is -0.497 e. The van der Waals surface area contributed by atoms with Gasteiger partial charge in [0, 0.05) is 33.5 Å². The van der Waals surface area contributed by atoms with E-state index in [2.05, 4.69) is 21.0 Å². The summed E-state index contributed by atoms with van der Waals surface area (Å²) >= 11 is 3.44. The molecule has 0 N–H and O–H groups in total.